The summed E-state index contributed by atoms with van der Waals surface area (Å²) < 4.78 is 0. The van der Waals surface area contributed by atoms with Crippen LogP contribution in [0.2, 0.25) is 0 Å². The van der Waals surface area contributed by atoms with E-state index >= 15 is 0 Å². The van der Waals surface area contributed by atoms with Gasteiger partial charge in [-0.05, 0) is 53.9 Å². The van der Waals surface area contributed by atoms with Crippen molar-refractivity contribution in [3.05, 3.63) is 29.3 Å². The minimum Gasteiger partial charge on any atom is -0.508 e. The topological polar surface area (TPSA) is 20.2 Å². The van der Waals surface area contributed by atoms with Crippen molar-refractivity contribution in [1.29, 1.82) is 0 Å². The number of hydrogen-bond acceptors (Lipinski definition) is 1. The summed E-state index contributed by atoms with van der Waals surface area (Å²) in [6, 6.07) is 6.03. The molecule has 1 heteroatoms. The van der Waals surface area contributed by atoms with Crippen molar-refractivity contribution in [2.75, 3.05) is 0 Å². The van der Waals surface area contributed by atoms with Gasteiger partial charge >= 0.3 is 0 Å². The van der Waals surface area contributed by atoms with Crippen LogP contribution in [-0.4, -0.2) is 5.11 Å². The molecule has 2 unspecified atom stereocenters. The summed E-state index contributed by atoms with van der Waals surface area (Å²) in [7, 11) is 0. The first kappa shape index (κ1) is 11.1. The fraction of sp³-hybridized carbons (Fsp3) is 0.625. The van der Waals surface area contributed by atoms with Crippen LogP contribution in [0, 0.1) is 5.92 Å². The summed E-state index contributed by atoms with van der Waals surface area (Å²) in [4.78, 5) is 0. The maximum atomic E-state index is 9.73. The van der Waals surface area contributed by atoms with E-state index in [1.807, 2.05) is 12.1 Å². The molecule has 0 amide bonds. The standard InChI is InChI=1S/C16H22O/c1-16-8-4-2-3-5-12(11-16)9-13-6-7-14(17)10-15(13)16/h6-7,10,12,17H,2-5,8-9,11H2,1H3. The first-order valence-corrected chi connectivity index (χ1v) is 7.00. The molecule has 1 aromatic carbocycles. The lowest BCUT2D eigenvalue weighted by Crippen LogP contribution is -2.33. The number of rotatable bonds is 0. The van der Waals surface area contributed by atoms with Gasteiger partial charge in [-0.3, -0.25) is 0 Å². The van der Waals surface area contributed by atoms with Gasteiger partial charge in [-0.15, -0.1) is 0 Å². The first-order valence-electron chi connectivity index (χ1n) is 7.00. The third-order valence-electron chi connectivity index (χ3n) is 4.83. The molecule has 1 fully saturated rings. The molecule has 2 aliphatic rings. The molecular formula is C16H22O. The third kappa shape index (κ3) is 1.96. The van der Waals surface area contributed by atoms with E-state index < -0.39 is 0 Å². The van der Waals surface area contributed by atoms with Crippen LogP contribution in [0.5, 0.6) is 5.75 Å². The second-order valence-electron chi connectivity index (χ2n) is 6.28. The zero-order valence-electron chi connectivity index (χ0n) is 10.7. The van der Waals surface area contributed by atoms with Gasteiger partial charge in [0.15, 0.2) is 0 Å². The normalized spacial score (nSPS) is 32.4. The summed E-state index contributed by atoms with van der Waals surface area (Å²) >= 11 is 0. The van der Waals surface area contributed by atoms with Crippen LogP contribution in [0.25, 0.3) is 0 Å². The Balaban J connectivity index is 2.06. The van der Waals surface area contributed by atoms with Crippen molar-refractivity contribution in [2.45, 2.75) is 57.3 Å². The molecule has 1 aromatic rings. The highest BCUT2D eigenvalue weighted by Gasteiger charge is 2.37. The number of hydrogen-bond donors (Lipinski definition) is 1. The van der Waals surface area contributed by atoms with Crippen molar-refractivity contribution >= 4 is 0 Å². The average molecular weight is 230 g/mol. The molecule has 3 rings (SSSR count). The molecule has 2 bridgehead atoms. The molecule has 1 nitrogen and oxygen atoms in total. The van der Waals surface area contributed by atoms with Crippen LogP contribution in [0.4, 0.5) is 0 Å². The number of phenolic OH excluding ortho intramolecular Hbond substituents is 1. The molecule has 0 radical (unpaired) electrons. The lowest BCUT2D eigenvalue weighted by molar-refractivity contribution is 0.245. The molecule has 0 heterocycles. The Morgan fingerprint density at radius 3 is 3.00 bits per heavy atom. The second kappa shape index (κ2) is 4.04. The smallest absolute Gasteiger partial charge is 0.115 e. The van der Waals surface area contributed by atoms with Crippen molar-refractivity contribution in [3.63, 3.8) is 0 Å². The largest absolute Gasteiger partial charge is 0.508 e. The Kier molecular flexibility index (Phi) is 2.65. The Morgan fingerprint density at radius 1 is 1.24 bits per heavy atom. The molecule has 2 atom stereocenters. The van der Waals surface area contributed by atoms with E-state index in [9.17, 15) is 5.11 Å². The predicted octanol–water partition coefficient (Wildman–Crippen LogP) is 4.18. The van der Waals surface area contributed by atoms with Crippen LogP contribution < -0.4 is 0 Å². The van der Waals surface area contributed by atoms with Crippen LogP contribution >= 0.6 is 0 Å². The minimum absolute atomic E-state index is 0.317. The lowest BCUT2D eigenvalue weighted by Gasteiger charge is -2.42. The van der Waals surface area contributed by atoms with Crippen molar-refractivity contribution in [2.24, 2.45) is 5.92 Å². The number of fused-ring (bicyclic) bond motifs is 4. The molecular weight excluding hydrogens is 208 g/mol. The monoisotopic (exact) mass is 230 g/mol. The van der Waals surface area contributed by atoms with Gasteiger partial charge in [-0.2, -0.15) is 0 Å². The highest BCUT2D eigenvalue weighted by molar-refractivity contribution is 5.42. The number of aromatic hydroxyl groups is 1. The highest BCUT2D eigenvalue weighted by atomic mass is 16.3. The Bertz CT molecular complexity index is 424. The van der Waals surface area contributed by atoms with E-state index in [4.69, 9.17) is 0 Å². The van der Waals surface area contributed by atoms with Crippen molar-refractivity contribution in [1.82, 2.24) is 0 Å². The van der Waals surface area contributed by atoms with Gasteiger partial charge in [-0.1, -0.05) is 38.7 Å². The third-order valence-corrected chi connectivity index (χ3v) is 4.83. The molecule has 92 valence electrons. The van der Waals surface area contributed by atoms with Gasteiger partial charge in [0.1, 0.15) is 5.75 Å². The maximum Gasteiger partial charge on any atom is 0.115 e. The van der Waals surface area contributed by atoms with E-state index in [1.165, 1.54) is 56.1 Å². The van der Waals surface area contributed by atoms with Gasteiger partial charge in [0.2, 0.25) is 0 Å². The maximum absolute atomic E-state index is 9.73. The summed E-state index contributed by atoms with van der Waals surface area (Å²) in [5, 5.41) is 9.73. The van der Waals surface area contributed by atoms with E-state index in [-0.39, 0.29) is 0 Å². The minimum atomic E-state index is 0.317. The van der Waals surface area contributed by atoms with E-state index in [2.05, 4.69) is 13.0 Å². The molecule has 0 spiro atoms. The average Bonchev–Trinajstić information content (AvgIpc) is 2.28. The number of benzene rings is 1. The van der Waals surface area contributed by atoms with Crippen molar-refractivity contribution < 1.29 is 5.11 Å². The SMILES string of the molecule is CC12CCCCCC(Cc3ccc(O)cc31)C2. The fourth-order valence-electron chi connectivity index (χ4n) is 4.00. The Hall–Kier alpha value is -0.980. The van der Waals surface area contributed by atoms with Crippen LogP contribution in [0.15, 0.2) is 18.2 Å². The quantitative estimate of drug-likeness (QED) is 0.709. The van der Waals surface area contributed by atoms with Gasteiger partial charge in [0, 0.05) is 0 Å². The summed E-state index contributed by atoms with van der Waals surface area (Å²) in [6.07, 6.45) is 9.39. The van der Waals surface area contributed by atoms with Crippen LogP contribution in [-0.2, 0) is 11.8 Å². The molecule has 2 aliphatic carbocycles. The summed E-state index contributed by atoms with van der Waals surface area (Å²) in [5.41, 5.74) is 3.23. The zero-order chi connectivity index (χ0) is 11.9. The molecule has 17 heavy (non-hydrogen) atoms. The molecule has 0 saturated heterocycles. The van der Waals surface area contributed by atoms with Crippen LogP contribution in [0.3, 0.4) is 0 Å². The molecule has 0 aliphatic heterocycles. The van der Waals surface area contributed by atoms with E-state index in [0.717, 1.165) is 5.92 Å². The van der Waals surface area contributed by atoms with Gasteiger partial charge in [0.05, 0.1) is 0 Å². The molecule has 1 N–H and O–H groups in total. The first-order chi connectivity index (χ1) is 8.17. The second-order valence-corrected chi connectivity index (χ2v) is 6.28. The van der Waals surface area contributed by atoms with Crippen LogP contribution in [0.1, 0.15) is 56.6 Å². The Labute approximate surface area is 104 Å². The van der Waals surface area contributed by atoms with E-state index in [1.54, 1.807) is 0 Å². The lowest BCUT2D eigenvalue weighted by atomic mass is 9.63. The summed E-state index contributed by atoms with van der Waals surface area (Å²) in [5.74, 6) is 1.31. The van der Waals surface area contributed by atoms with E-state index in [0.29, 0.717) is 11.2 Å². The Morgan fingerprint density at radius 2 is 2.12 bits per heavy atom. The van der Waals surface area contributed by atoms with Crippen molar-refractivity contribution in [3.8, 4) is 5.75 Å². The predicted molar refractivity (Wildman–Crippen MR) is 70.4 cm³/mol. The fourth-order valence-corrected chi connectivity index (χ4v) is 4.00. The summed E-state index contributed by atoms with van der Waals surface area (Å²) in [6.45, 7) is 2.41. The molecule has 0 aromatic heterocycles. The van der Waals surface area contributed by atoms with Gasteiger partial charge in [-0.25, -0.2) is 0 Å². The molecule has 1 saturated carbocycles. The van der Waals surface area contributed by atoms with Gasteiger partial charge < -0.3 is 5.11 Å². The van der Waals surface area contributed by atoms with Gasteiger partial charge in [0.25, 0.3) is 0 Å². The zero-order valence-corrected chi connectivity index (χ0v) is 10.7. The number of phenols is 1. The highest BCUT2D eigenvalue weighted by Crippen LogP contribution is 2.46.